The van der Waals surface area contributed by atoms with E-state index in [0.717, 1.165) is 11.1 Å². The van der Waals surface area contributed by atoms with E-state index in [2.05, 4.69) is 6.58 Å². The molecule has 1 aliphatic heterocycles. The van der Waals surface area contributed by atoms with Crippen LogP contribution in [0.15, 0.2) is 84.7 Å². The van der Waals surface area contributed by atoms with E-state index in [1.165, 1.54) is 6.08 Å². The van der Waals surface area contributed by atoms with Gasteiger partial charge in [0.1, 0.15) is 0 Å². The smallest absolute Gasteiger partial charge is 0.339 e. The number of allylic oxidation sites excluding steroid dienone is 1. The summed E-state index contributed by atoms with van der Waals surface area (Å²) in [6.45, 7) is 3.74. The number of rotatable bonds is 6. The molecule has 1 heterocycles. The Balaban J connectivity index is 1.82. The van der Waals surface area contributed by atoms with E-state index in [9.17, 15) is 14.7 Å². The summed E-state index contributed by atoms with van der Waals surface area (Å²) >= 11 is 0. The normalized spacial score (nSPS) is 18.4. The molecule has 2 unspecified atom stereocenters. The molecule has 3 rings (SSSR count). The molecule has 4 heteroatoms. The van der Waals surface area contributed by atoms with E-state index in [1.54, 1.807) is 0 Å². The number of benzene rings is 2. The summed E-state index contributed by atoms with van der Waals surface area (Å²) in [5.41, 5.74) is 1.75. The predicted molar refractivity (Wildman–Crippen MR) is 98.7 cm³/mol. The molecule has 1 N–H and O–H groups in total. The molecule has 0 amide bonds. The van der Waals surface area contributed by atoms with Crippen molar-refractivity contribution in [3.8, 4) is 0 Å². The summed E-state index contributed by atoms with van der Waals surface area (Å²) in [7, 11) is 0. The number of aryl methyl sites for hydroxylation is 1. The zero-order chi connectivity index (χ0) is 18.5. The number of ketones is 1. The molecule has 0 aliphatic carbocycles. The maximum absolute atomic E-state index is 12.5. The van der Waals surface area contributed by atoms with Gasteiger partial charge >= 0.3 is 5.97 Å². The minimum absolute atomic E-state index is 0.0489. The molecule has 0 radical (unpaired) electrons. The predicted octanol–water partition coefficient (Wildman–Crippen LogP) is 3.90. The van der Waals surface area contributed by atoms with E-state index in [0.29, 0.717) is 12.8 Å². The highest BCUT2D eigenvalue weighted by molar-refractivity contribution is 6.09. The number of cyclic esters (lactones) is 1. The van der Waals surface area contributed by atoms with Crippen LogP contribution in [-0.2, 0) is 20.7 Å². The van der Waals surface area contributed by atoms with Gasteiger partial charge in [-0.25, -0.2) is 4.79 Å². The van der Waals surface area contributed by atoms with Gasteiger partial charge in [-0.2, -0.15) is 0 Å². The van der Waals surface area contributed by atoms with Crippen LogP contribution in [0.1, 0.15) is 23.5 Å². The van der Waals surface area contributed by atoms with Crippen molar-refractivity contribution in [3.63, 3.8) is 0 Å². The van der Waals surface area contributed by atoms with Gasteiger partial charge in [0.25, 0.3) is 0 Å². The molecule has 2 aromatic rings. The standard InChI is InChI=1S/C22H20O4/c1-2-17(16-11-7-4-8-12-16)19-21(24)20(23)18(26-22(19)25)14-13-15-9-5-3-6-10-15/h2-12,17-18,24H,1,13-14H2. The quantitative estimate of drug-likeness (QED) is 0.635. The van der Waals surface area contributed by atoms with E-state index in [1.807, 2.05) is 60.7 Å². The molecule has 0 bridgehead atoms. The van der Waals surface area contributed by atoms with Gasteiger partial charge < -0.3 is 9.84 Å². The minimum Gasteiger partial charge on any atom is -0.504 e. The van der Waals surface area contributed by atoms with E-state index in [-0.39, 0.29) is 5.57 Å². The molecule has 0 saturated carbocycles. The van der Waals surface area contributed by atoms with Crippen molar-refractivity contribution in [2.75, 3.05) is 0 Å². The summed E-state index contributed by atoms with van der Waals surface area (Å²) in [5, 5.41) is 10.4. The number of hydrogen-bond donors (Lipinski definition) is 1. The molecular weight excluding hydrogens is 328 g/mol. The van der Waals surface area contributed by atoms with Gasteiger partial charge in [-0.3, -0.25) is 4.79 Å². The molecule has 2 atom stereocenters. The summed E-state index contributed by atoms with van der Waals surface area (Å²) < 4.78 is 5.35. The van der Waals surface area contributed by atoms with Gasteiger partial charge in [-0.1, -0.05) is 66.7 Å². The zero-order valence-corrected chi connectivity index (χ0v) is 14.3. The fourth-order valence-corrected chi connectivity index (χ4v) is 3.12. The van der Waals surface area contributed by atoms with Crippen molar-refractivity contribution in [1.29, 1.82) is 0 Å². The second-order valence-corrected chi connectivity index (χ2v) is 6.17. The molecule has 2 aromatic carbocycles. The zero-order valence-electron chi connectivity index (χ0n) is 14.3. The topological polar surface area (TPSA) is 63.6 Å². The average molecular weight is 348 g/mol. The number of ether oxygens (including phenoxy) is 1. The Morgan fingerprint density at radius 1 is 1.04 bits per heavy atom. The molecule has 132 valence electrons. The fraction of sp³-hybridized carbons (Fsp3) is 0.182. The molecule has 0 aromatic heterocycles. The monoisotopic (exact) mass is 348 g/mol. The van der Waals surface area contributed by atoms with Crippen LogP contribution >= 0.6 is 0 Å². The number of carbonyl (C=O) groups is 2. The van der Waals surface area contributed by atoms with Crippen LogP contribution in [-0.4, -0.2) is 23.0 Å². The van der Waals surface area contributed by atoms with Crippen molar-refractivity contribution >= 4 is 11.8 Å². The highest BCUT2D eigenvalue weighted by atomic mass is 16.6. The van der Waals surface area contributed by atoms with Crippen LogP contribution in [0.5, 0.6) is 0 Å². The Hall–Kier alpha value is -3.14. The highest BCUT2D eigenvalue weighted by Crippen LogP contribution is 2.32. The van der Waals surface area contributed by atoms with E-state index < -0.39 is 29.5 Å². The van der Waals surface area contributed by atoms with Gasteiger partial charge in [0, 0.05) is 5.92 Å². The number of Topliss-reactive ketones (excluding diaryl/α,β-unsaturated/α-hetero) is 1. The van der Waals surface area contributed by atoms with Crippen LogP contribution in [0.2, 0.25) is 0 Å². The van der Waals surface area contributed by atoms with E-state index >= 15 is 0 Å². The lowest BCUT2D eigenvalue weighted by Crippen LogP contribution is -2.37. The Morgan fingerprint density at radius 3 is 2.27 bits per heavy atom. The SMILES string of the molecule is C=CC(C1=C(O)C(=O)C(CCc2ccccc2)OC1=O)c1ccccc1. The van der Waals surface area contributed by atoms with Crippen molar-refractivity contribution < 1.29 is 19.4 Å². The average Bonchev–Trinajstić information content (AvgIpc) is 2.68. The van der Waals surface area contributed by atoms with Crippen LogP contribution in [0.25, 0.3) is 0 Å². The largest absolute Gasteiger partial charge is 0.504 e. The first-order valence-corrected chi connectivity index (χ1v) is 8.51. The lowest BCUT2D eigenvalue weighted by molar-refractivity contribution is -0.154. The van der Waals surface area contributed by atoms with Crippen LogP contribution in [0.4, 0.5) is 0 Å². The molecule has 26 heavy (non-hydrogen) atoms. The van der Waals surface area contributed by atoms with E-state index in [4.69, 9.17) is 4.74 Å². The Kier molecular flexibility index (Phi) is 5.32. The summed E-state index contributed by atoms with van der Waals surface area (Å²) in [5.74, 6) is -2.34. The molecular formula is C22H20O4. The molecule has 1 aliphatic rings. The van der Waals surface area contributed by atoms with Gasteiger partial charge in [-0.15, -0.1) is 6.58 Å². The van der Waals surface area contributed by atoms with Crippen LogP contribution in [0, 0.1) is 0 Å². The van der Waals surface area contributed by atoms with Gasteiger partial charge in [0.15, 0.2) is 11.9 Å². The lowest BCUT2D eigenvalue weighted by atomic mass is 9.87. The number of hydrogen-bond acceptors (Lipinski definition) is 4. The first-order chi connectivity index (χ1) is 12.6. The number of esters is 1. The summed E-state index contributed by atoms with van der Waals surface area (Å²) in [6, 6.07) is 18.7. The fourth-order valence-electron chi connectivity index (χ4n) is 3.12. The number of aliphatic hydroxyl groups is 1. The minimum atomic E-state index is -0.965. The summed E-state index contributed by atoms with van der Waals surface area (Å²) in [6.07, 6.45) is 1.47. The first-order valence-electron chi connectivity index (χ1n) is 8.51. The Morgan fingerprint density at radius 2 is 1.65 bits per heavy atom. The summed E-state index contributed by atoms with van der Waals surface area (Å²) in [4.78, 5) is 25.0. The first kappa shape index (κ1) is 17.7. The van der Waals surface area contributed by atoms with Gasteiger partial charge in [0.2, 0.25) is 5.78 Å². The van der Waals surface area contributed by atoms with Crippen molar-refractivity contribution in [1.82, 2.24) is 0 Å². The van der Waals surface area contributed by atoms with Crippen molar-refractivity contribution in [2.24, 2.45) is 0 Å². The molecule has 4 nitrogen and oxygen atoms in total. The highest BCUT2D eigenvalue weighted by Gasteiger charge is 2.39. The lowest BCUT2D eigenvalue weighted by Gasteiger charge is -2.26. The number of carbonyl (C=O) groups excluding carboxylic acids is 2. The third-order valence-electron chi connectivity index (χ3n) is 4.49. The Bertz CT molecular complexity index is 837. The Labute approximate surface area is 152 Å². The number of aliphatic hydroxyl groups excluding tert-OH is 1. The van der Waals surface area contributed by atoms with Gasteiger partial charge in [-0.05, 0) is 24.0 Å². The molecule has 0 spiro atoms. The second kappa shape index (κ2) is 7.83. The third-order valence-corrected chi connectivity index (χ3v) is 4.49. The maximum Gasteiger partial charge on any atom is 0.339 e. The van der Waals surface area contributed by atoms with Crippen molar-refractivity contribution in [3.05, 3.63) is 95.8 Å². The molecule has 0 fully saturated rings. The second-order valence-electron chi connectivity index (χ2n) is 6.17. The molecule has 0 saturated heterocycles. The van der Waals surface area contributed by atoms with Gasteiger partial charge in [0.05, 0.1) is 5.57 Å². The van der Waals surface area contributed by atoms with Crippen molar-refractivity contribution in [2.45, 2.75) is 24.9 Å². The van der Waals surface area contributed by atoms with Crippen LogP contribution < -0.4 is 0 Å². The van der Waals surface area contributed by atoms with Crippen LogP contribution in [0.3, 0.4) is 0 Å². The maximum atomic E-state index is 12.5. The third kappa shape index (κ3) is 3.59.